The second kappa shape index (κ2) is 16.2. The zero-order chi connectivity index (χ0) is 28.2. The molecule has 0 saturated carbocycles. The van der Waals surface area contributed by atoms with Crippen molar-refractivity contribution in [1.29, 1.82) is 0 Å². The summed E-state index contributed by atoms with van der Waals surface area (Å²) in [5.41, 5.74) is 1.44. The highest BCUT2D eigenvalue weighted by atomic mass is 35.5. The largest absolute Gasteiger partial charge is 0.503 e. The number of unbranched alkanes of at least 4 members (excludes halogenated alkanes) is 10. The fraction of sp³-hybridized carbons (Fsp3) is 0.448. The van der Waals surface area contributed by atoms with Crippen LogP contribution in [0.4, 0.5) is 17.2 Å². The Labute approximate surface area is 251 Å². The summed E-state index contributed by atoms with van der Waals surface area (Å²) in [5.74, 6) is -0.0409. The predicted molar refractivity (Wildman–Crippen MR) is 165 cm³/mol. The smallest absolute Gasteiger partial charge is 0.224 e. The van der Waals surface area contributed by atoms with Crippen molar-refractivity contribution in [3.05, 3.63) is 56.6 Å². The van der Waals surface area contributed by atoms with Gasteiger partial charge in [0.25, 0.3) is 0 Å². The Morgan fingerprint density at radius 1 is 0.846 bits per heavy atom. The average Bonchev–Trinajstić information content (AvgIpc) is 3.23. The van der Waals surface area contributed by atoms with Crippen molar-refractivity contribution in [2.45, 2.75) is 84.0 Å². The second-order valence-corrected chi connectivity index (χ2v) is 11.3. The van der Waals surface area contributed by atoms with Crippen molar-refractivity contribution in [2.75, 3.05) is 10.6 Å². The Kier molecular flexibility index (Phi) is 13.1. The first-order chi connectivity index (χ1) is 18.8. The molecule has 0 aliphatic heterocycles. The highest BCUT2D eigenvalue weighted by Gasteiger charge is 2.16. The van der Waals surface area contributed by atoms with E-state index in [-0.39, 0.29) is 27.5 Å². The summed E-state index contributed by atoms with van der Waals surface area (Å²) in [6.07, 6.45) is 15.5. The number of halogens is 4. The molecule has 0 fully saturated rings. The van der Waals surface area contributed by atoms with Gasteiger partial charge in [-0.3, -0.25) is 4.79 Å². The number of carbonyl (C=O) groups excluding carboxylic acids is 1. The fourth-order valence-electron chi connectivity index (χ4n) is 4.32. The van der Waals surface area contributed by atoms with Crippen LogP contribution in [0.25, 0.3) is 5.69 Å². The van der Waals surface area contributed by atoms with Gasteiger partial charge < -0.3 is 15.7 Å². The molecule has 10 heteroatoms. The van der Waals surface area contributed by atoms with E-state index in [1.54, 1.807) is 18.2 Å². The summed E-state index contributed by atoms with van der Waals surface area (Å²) in [6, 6.07) is 8.17. The second-order valence-electron chi connectivity index (χ2n) is 9.68. The van der Waals surface area contributed by atoms with Gasteiger partial charge in [0.05, 0.1) is 27.0 Å². The van der Waals surface area contributed by atoms with Gasteiger partial charge in [0.2, 0.25) is 5.91 Å². The summed E-state index contributed by atoms with van der Waals surface area (Å²) < 4.78 is 1.35. The normalized spacial score (nSPS) is 11.1. The molecule has 0 radical (unpaired) electrons. The summed E-state index contributed by atoms with van der Waals surface area (Å²) in [7, 11) is 0. The Morgan fingerprint density at radius 2 is 1.44 bits per heavy atom. The lowest BCUT2D eigenvalue weighted by atomic mass is 10.1. The highest BCUT2D eigenvalue weighted by Crippen LogP contribution is 2.36. The Bertz CT molecular complexity index is 1210. The number of amides is 1. The van der Waals surface area contributed by atoms with Crippen LogP contribution < -0.4 is 10.6 Å². The van der Waals surface area contributed by atoms with Gasteiger partial charge in [-0.15, -0.1) is 5.10 Å². The Balaban J connectivity index is 1.48. The number of benzene rings is 2. The maximum atomic E-state index is 12.5. The molecule has 2 aromatic carbocycles. The maximum Gasteiger partial charge on any atom is 0.224 e. The molecule has 1 aromatic heterocycles. The number of hydrogen-bond acceptors (Lipinski definition) is 4. The number of aromatic hydroxyl groups is 1. The van der Waals surface area contributed by atoms with Crippen LogP contribution >= 0.6 is 46.4 Å². The first kappa shape index (κ1) is 31.4. The molecule has 0 bridgehead atoms. The monoisotopic (exact) mass is 612 g/mol. The maximum absolute atomic E-state index is 12.5. The minimum Gasteiger partial charge on any atom is -0.503 e. The lowest BCUT2D eigenvalue weighted by Crippen LogP contribution is -2.11. The van der Waals surface area contributed by atoms with Gasteiger partial charge in [0.1, 0.15) is 5.69 Å². The lowest BCUT2D eigenvalue weighted by molar-refractivity contribution is -0.116. The van der Waals surface area contributed by atoms with E-state index in [1.165, 1.54) is 80.8 Å². The number of hydrogen-bond donors (Lipinski definition) is 3. The van der Waals surface area contributed by atoms with Gasteiger partial charge in [-0.1, -0.05) is 118 Å². The number of anilines is 3. The zero-order valence-corrected chi connectivity index (χ0v) is 25.2. The van der Waals surface area contributed by atoms with Crippen LogP contribution in [-0.2, 0) is 4.79 Å². The van der Waals surface area contributed by atoms with Crippen LogP contribution in [0.2, 0.25) is 20.1 Å². The molecule has 3 rings (SSSR count). The molecule has 0 spiro atoms. The molecular formula is C29H36Cl4N4O2. The van der Waals surface area contributed by atoms with Crippen molar-refractivity contribution in [3.8, 4) is 11.4 Å². The van der Waals surface area contributed by atoms with E-state index in [0.717, 1.165) is 12.8 Å². The van der Waals surface area contributed by atoms with E-state index in [2.05, 4.69) is 22.7 Å². The quantitative estimate of drug-likeness (QED) is 0.140. The summed E-state index contributed by atoms with van der Waals surface area (Å²) in [6.45, 7) is 2.24. The van der Waals surface area contributed by atoms with Crippen molar-refractivity contribution in [2.24, 2.45) is 0 Å². The number of carbonyl (C=O) groups is 1. The number of rotatable bonds is 16. The van der Waals surface area contributed by atoms with E-state index in [4.69, 9.17) is 46.4 Å². The molecule has 0 unspecified atom stereocenters. The number of nitrogens with one attached hydrogen (secondary N) is 2. The van der Waals surface area contributed by atoms with E-state index in [0.29, 0.717) is 33.5 Å². The Morgan fingerprint density at radius 3 is 2.05 bits per heavy atom. The third-order valence-corrected chi connectivity index (χ3v) is 7.54. The predicted octanol–water partition coefficient (Wildman–Crippen LogP) is 10.6. The molecule has 39 heavy (non-hydrogen) atoms. The van der Waals surface area contributed by atoms with Crippen molar-refractivity contribution in [3.63, 3.8) is 0 Å². The topological polar surface area (TPSA) is 79.2 Å². The van der Waals surface area contributed by atoms with Crippen LogP contribution in [-0.4, -0.2) is 20.8 Å². The van der Waals surface area contributed by atoms with Gasteiger partial charge >= 0.3 is 0 Å². The van der Waals surface area contributed by atoms with Gasteiger partial charge in [0, 0.05) is 17.1 Å². The summed E-state index contributed by atoms with van der Waals surface area (Å²) in [4.78, 5) is 12.5. The molecule has 0 aliphatic carbocycles. The van der Waals surface area contributed by atoms with Gasteiger partial charge in [-0.05, 0) is 36.8 Å². The minimum atomic E-state index is -0.140. The molecule has 1 heterocycles. The van der Waals surface area contributed by atoms with Crippen LogP contribution in [0, 0.1) is 0 Å². The average molecular weight is 614 g/mol. The first-order valence-corrected chi connectivity index (χ1v) is 15.1. The van der Waals surface area contributed by atoms with E-state index in [9.17, 15) is 9.90 Å². The van der Waals surface area contributed by atoms with E-state index >= 15 is 0 Å². The van der Waals surface area contributed by atoms with Gasteiger partial charge in [-0.2, -0.15) is 0 Å². The molecule has 1 amide bonds. The molecule has 212 valence electrons. The van der Waals surface area contributed by atoms with Crippen LogP contribution in [0.1, 0.15) is 84.0 Å². The highest BCUT2D eigenvalue weighted by molar-refractivity contribution is 6.40. The van der Waals surface area contributed by atoms with Gasteiger partial charge in [-0.25, -0.2) is 4.68 Å². The van der Waals surface area contributed by atoms with Gasteiger partial charge in [0.15, 0.2) is 11.6 Å². The number of aromatic nitrogens is 2. The molecular weight excluding hydrogens is 578 g/mol. The van der Waals surface area contributed by atoms with Crippen LogP contribution in [0.5, 0.6) is 5.75 Å². The third kappa shape index (κ3) is 10.1. The van der Waals surface area contributed by atoms with E-state index in [1.807, 2.05) is 0 Å². The lowest BCUT2D eigenvalue weighted by Gasteiger charge is -2.11. The first-order valence-electron chi connectivity index (χ1n) is 13.6. The third-order valence-electron chi connectivity index (χ3n) is 6.42. The fourth-order valence-corrected chi connectivity index (χ4v) is 5.48. The van der Waals surface area contributed by atoms with Crippen molar-refractivity contribution >= 4 is 69.5 Å². The van der Waals surface area contributed by atoms with Crippen molar-refractivity contribution < 1.29 is 9.90 Å². The van der Waals surface area contributed by atoms with Crippen LogP contribution in [0.15, 0.2) is 36.5 Å². The molecule has 3 N–H and O–H groups in total. The summed E-state index contributed by atoms with van der Waals surface area (Å²) in [5, 5.41) is 22.1. The van der Waals surface area contributed by atoms with Crippen LogP contribution in [0.3, 0.4) is 0 Å². The minimum absolute atomic E-state index is 0.0432. The molecule has 0 aliphatic rings. The standard InChI is InChI=1S/C29H36Cl4N4O2/c1-2-3-4-5-6-7-8-9-10-11-12-13-27(39)34-21-14-15-22(31)25(18-21)35-29-26(38)19-37(36-29)28-23(32)16-20(30)17-24(28)33/h14-19,38H,2-13H2,1H3,(H,34,39)(H,35,36). The summed E-state index contributed by atoms with van der Waals surface area (Å²) >= 11 is 24.9. The molecule has 0 saturated heterocycles. The molecule has 6 nitrogen and oxygen atoms in total. The Hall–Kier alpha value is -2.12. The number of nitrogens with zero attached hydrogens (tertiary/aromatic N) is 2. The zero-order valence-electron chi connectivity index (χ0n) is 22.2. The molecule has 3 aromatic rings. The molecule has 0 atom stereocenters. The SMILES string of the molecule is CCCCCCCCCCCCCC(=O)Nc1ccc(Cl)c(Nc2nn(-c3c(Cl)cc(Cl)cc3Cl)cc2O)c1. The van der Waals surface area contributed by atoms with Crippen molar-refractivity contribution in [1.82, 2.24) is 9.78 Å². The van der Waals surface area contributed by atoms with E-state index < -0.39 is 0 Å².